The molecule has 0 heterocycles. The third-order valence-electron chi connectivity index (χ3n) is 2.42. The Kier molecular flexibility index (Phi) is 5.12. The van der Waals surface area contributed by atoms with E-state index in [0.717, 1.165) is 11.1 Å². The van der Waals surface area contributed by atoms with Gasteiger partial charge >= 0.3 is 0 Å². The van der Waals surface area contributed by atoms with Crippen LogP contribution in [0.1, 0.15) is 7.43 Å². The zero-order chi connectivity index (χ0) is 12.8. The van der Waals surface area contributed by atoms with Crippen molar-refractivity contribution >= 4 is 23.5 Å². The van der Waals surface area contributed by atoms with Crippen LogP contribution in [0.25, 0.3) is 11.1 Å². The Bertz CT molecular complexity index is 650. The summed E-state index contributed by atoms with van der Waals surface area (Å²) in [7, 11) is 0. The fourth-order valence-electron chi connectivity index (χ4n) is 1.63. The van der Waals surface area contributed by atoms with Crippen LogP contribution in [0, 0.1) is 0 Å². The second-order valence-electron chi connectivity index (χ2n) is 3.47. The number of aliphatic imine (C=N–C) groups is 2. The minimum atomic E-state index is 0. The first kappa shape index (κ1) is 14.3. The van der Waals surface area contributed by atoms with E-state index in [1.54, 1.807) is 36.4 Å². The summed E-state index contributed by atoms with van der Waals surface area (Å²) in [5.74, 6) is 0. The average molecular weight is 252 g/mol. The molecule has 19 heavy (non-hydrogen) atoms. The molecule has 0 saturated heterocycles. The number of benzene rings is 2. The van der Waals surface area contributed by atoms with E-state index < -0.39 is 0 Å². The Balaban J connectivity index is 0.00000180. The van der Waals surface area contributed by atoms with Crippen molar-refractivity contribution in [2.24, 2.45) is 9.98 Å². The molecule has 0 fully saturated rings. The van der Waals surface area contributed by atoms with Gasteiger partial charge in [-0.3, -0.25) is 0 Å². The predicted molar refractivity (Wildman–Crippen MR) is 74.2 cm³/mol. The molecule has 0 unspecified atom stereocenters. The van der Waals surface area contributed by atoms with E-state index in [1.165, 1.54) is 12.2 Å². The van der Waals surface area contributed by atoms with Gasteiger partial charge in [0.05, 0.1) is 11.4 Å². The quantitative estimate of drug-likeness (QED) is 0.614. The topological polar surface area (TPSA) is 58.9 Å². The van der Waals surface area contributed by atoms with Crippen molar-refractivity contribution in [2.75, 3.05) is 0 Å². The summed E-state index contributed by atoms with van der Waals surface area (Å²) in [6, 6.07) is 14.2. The molecule has 0 spiro atoms. The van der Waals surface area contributed by atoms with Gasteiger partial charge in [0.2, 0.25) is 12.2 Å². The Morgan fingerprint density at radius 1 is 0.789 bits per heavy atom. The number of rotatable bonds is 3. The van der Waals surface area contributed by atoms with Crippen LogP contribution in [0.15, 0.2) is 58.5 Å². The van der Waals surface area contributed by atoms with Crippen molar-refractivity contribution in [3.05, 3.63) is 48.5 Å². The summed E-state index contributed by atoms with van der Waals surface area (Å²) in [5.41, 5.74) is 2.79. The number of para-hydroxylation sites is 1. The van der Waals surface area contributed by atoms with Crippen LogP contribution >= 0.6 is 0 Å². The van der Waals surface area contributed by atoms with Crippen LogP contribution < -0.4 is 0 Å². The van der Waals surface area contributed by atoms with Crippen molar-refractivity contribution in [3.63, 3.8) is 0 Å². The average Bonchev–Trinajstić information content (AvgIpc) is 2.41. The first-order valence-electron chi connectivity index (χ1n) is 5.20. The lowest BCUT2D eigenvalue weighted by atomic mass is 10.0. The minimum Gasteiger partial charge on any atom is -0.211 e. The third kappa shape index (κ3) is 3.33. The van der Waals surface area contributed by atoms with E-state index >= 15 is 0 Å². The molecule has 0 aromatic heterocycles. The molecule has 2 aromatic rings. The zero-order valence-electron chi connectivity index (χ0n) is 9.33. The number of hydrogen-bond donors (Lipinski definition) is 0. The Labute approximate surface area is 111 Å². The van der Waals surface area contributed by atoms with Crippen LogP contribution in [0.5, 0.6) is 0 Å². The molecule has 0 aliphatic carbocycles. The maximum Gasteiger partial charge on any atom is 0.240 e. The summed E-state index contributed by atoms with van der Waals surface area (Å²) in [5, 5.41) is 0. The van der Waals surface area contributed by atoms with Gasteiger partial charge in [-0.2, -0.15) is 9.98 Å². The third-order valence-corrected chi connectivity index (χ3v) is 2.42. The van der Waals surface area contributed by atoms with E-state index in [9.17, 15) is 9.59 Å². The van der Waals surface area contributed by atoms with Gasteiger partial charge in [0, 0.05) is 5.56 Å². The molecule has 0 radical (unpaired) electrons. The van der Waals surface area contributed by atoms with E-state index in [1.807, 2.05) is 12.1 Å². The van der Waals surface area contributed by atoms with E-state index in [4.69, 9.17) is 0 Å². The van der Waals surface area contributed by atoms with Gasteiger partial charge in [-0.05, 0) is 23.8 Å². The van der Waals surface area contributed by atoms with Crippen molar-refractivity contribution < 1.29 is 9.59 Å². The molecule has 0 bridgehead atoms. The fourth-order valence-corrected chi connectivity index (χ4v) is 1.63. The monoisotopic (exact) mass is 252 g/mol. The molecule has 0 amide bonds. The predicted octanol–water partition coefficient (Wildman–Crippen LogP) is 3.92. The molecule has 0 N–H and O–H groups in total. The summed E-state index contributed by atoms with van der Waals surface area (Å²) in [6.45, 7) is 0. The number of carbonyl (C=O) groups excluding carboxylic acids is 2. The van der Waals surface area contributed by atoms with Crippen molar-refractivity contribution in [3.8, 4) is 11.1 Å². The lowest BCUT2D eigenvalue weighted by Crippen LogP contribution is -1.78. The first-order valence-corrected chi connectivity index (χ1v) is 5.20. The van der Waals surface area contributed by atoms with Gasteiger partial charge < -0.3 is 0 Å². The van der Waals surface area contributed by atoms with Gasteiger partial charge in [0.25, 0.3) is 0 Å². The summed E-state index contributed by atoms with van der Waals surface area (Å²) >= 11 is 0. The highest BCUT2D eigenvalue weighted by atomic mass is 16.1. The van der Waals surface area contributed by atoms with Crippen LogP contribution in [0.2, 0.25) is 0 Å². The molecule has 2 rings (SSSR count). The van der Waals surface area contributed by atoms with Gasteiger partial charge in [0.1, 0.15) is 0 Å². The molecule has 0 aliphatic heterocycles. The van der Waals surface area contributed by atoms with Crippen LogP contribution in [0.4, 0.5) is 11.4 Å². The van der Waals surface area contributed by atoms with Crippen LogP contribution in [-0.4, -0.2) is 12.2 Å². The molecule has 0 atom stereocenters. The Hall–Kier alpha value is -2.80. The molecule has 0 aliphatic rings. The molecular weight excluding hydrogens is 240 g/mol. The zero-order valence-corrected chi connectivity index (χ0v) is 9.33. The van der Waals surface area contributed by atoms with Gasteiger partial charge in [0.15, 0.2) is 0 Å². The molecular formula is C15H12N2O2. The number of isocyanates is 2. The molecule has 94 valence electrons. The number of hydrogen-bond acceptors (Lipinski definition) is 4. The maximum atomic E-state index is 10.3. The van der Waals surface area contributed by atoms with E-state index in [0.29, 0.717) is 11.4 Å². The van der Waals surface area contributed by atoms with Crippen molar-refractivity contribution in [1.82, 2.24) is 0 Å². The summed E-state index contributed by atoms with van der Waals surface area (Å²) < 4.78 is 0. The van der Waals surface area contributed by atoms with Gasteiger partial charge in [-0.25, -0.2) is 9.59 Å². The van der Waals surface area contributed by atoms with E-state index in [-0.39, 0.29) is 7.43 Å². The fraction of sp³-hybridized carbons (Fsp3) is 0.0667. The number of nitrogens with zero attached hydrogens (tertiary/aromatic N) is 2. The highest BCUT2D eigenvalue weighted by Crippen LogP contribution is 2.30. The lowest BCUT2D eigenvalue weighted by Gasteiger charge is -2.04. The van der Waals surface area contributed by atoms with Crippen LogP contribution in [-0.2, 0) is 9.59 Å². The first-order chi connectivity index (χ1) is 8.85. The minimum absolute atomic E-state index is 0. The van der Waals surface area contributed by atoms with Gasteiger partial charge in [-0.1, -0.05) is 37.8 Å². The van der Waals surface area contributed by atoms with Crippen LogP contribution in [0.3, 0.4) is 0 Å². The molecule has 4 nitrogen and oxygen atoms in total. The second kappa shape index (κ2) is 6.82. The Morgan fingerprint density at radius 2 is 1.42 bits per heavy atom. The van der Waals surface area contributed by atoms with Crippen molar-refractivity contribution in [1.29, 1.82) is 0 Å². The largest absolute Gasteiger partial charge is 0.240 e. The normalized spacial score (nSPS) is 8.63. The van der Waals surface area contributed by atoms with Gasteiger partial charge in [-0.15, -0.1) is 0 Å². The SMILES string of the molecule is C.O=C=Nc1ccc(-c2ccccc2N=C=O)cc1. The maximum absolute atomic E-state index is 10.3. The highest BCUT2D eigenvalue weighted by Gasteiger charge is 2.03. The molecule has 2 aromatic carbocycles. The van der Waals surface area contributed by atoms with Crippen molar-refractivity contribution in [2.45, 2.75) is 7.43 Å². The smallest absolute Gasteiger partial charge is 0.211 e. The standard InChI is InChI=1S/C14H8N2O2.CH4/c17-9-15-12-7-5-11(6-8-12)13-3-1-2-4-14(13)16-10-18;/h1-8H;1H4. The lowest BCUT2D eigenvalue weighted by molar-refractivity contribution is 0.564. The molecule has 4 heteroatoms. The van der Waals surface area contributed by atoms with E-state index in [2.05, 4.69) is 9.98 Å². The Morgan fingerprint density at radius 3 is 2.05 bits per heavy atom. The summed E-state index contributed by atoms with van der Waals surface area (Å²) in [6.07, 6.45) is 3.01. The summed E-state index contributed by atoms with van der Waals surface area (Å²) in [4.78, 5) is 27.6. The highest BCUT2D eigenvalue weighted by molar-refractivity contribution is 5.78. The second-order valence-corrected chi connectivity index (χ2v) is 3.47. The molecule has 0 saturated carbocycles.